The van der Waals surface area contributed by atoms with Crippen molar-refractivity contribution in [2.24, 2.45) is 11.8 Å². The molecule has 2 aliphatic carbocycles. The van der Waals surface area contributed by atoms with Crippen molar-refractivity contribution in [3.8, 4) is 0 Å². The molecular weight excluding hydrogens is 284 g/mol. The highest BCUT2D eigenvalue weighted by Gasteiger charge is 2.38. The van der Waals surface area contributed by atoms with Crippen LogP contribution in [0.25, 0.3) is 11.2 Å². The van der Waals surface area contributed by atoms with E-state index >= 15 is 0 Å². The van der Waals surface area contributed by atoms with Gasteiger partial charge in [0, 0.05) is 5.92 Å². The summed E-state index contributed by atoms with van der Waals surface area (Å²) in [6, 6.07) is 10.4. The van der Waals surface area contributed by atoms with Crippen LogP contribution in [-0.4, -0.2) is 19.5 Å². The fourth-order valence-electron chi connectivity index (χ4n) is 4.02. The van der Waals surface area contributed by atoms with Crippen LogP contribution in [0.4, 0.5) is 0 Å². The van der Waals surface area contributed by atoms with Crippen LogP contribution in [0, 0.1) is 11.8 Å². The van der Waals surface area contributed by atoms with Gasteiger partial charge in [-0.15, -0.1) is 0 Å². The van der Waals surface area contributed by atoms with Crippen molar-refractivity contribution < 1.29 is 0 Å². The Bertz CT molecular complexity index is 881. The van der Waals surface area contributed by atoms with Gasteiger partial charge < -0.3 is 4.57 Å². The number of imidazole rings is 1. The molecule has 23 heavy (non-hydrogen) atoms. The van der Waals surface area contributed by atoms with Gasteiger partial charge in [0.2, 0.25) is 0 Å². The Balaban J connectivity index is 1.52. The van der Waals surface area contributed by atoms with Crippen LogP contribution < -0.4 is 0 Å². The normalized spacial score (nSPS) is 25.5. The van der Waals surface area contributed by atoms with Crippen molar-refractivity contribution in [2.75, 3.05) is 0 Å². The van der Waals surface area contributed by atoms with Crippen LogP contribution in [-0.2, 0) is 6.54 Å². The van der Waals surface area contributed by atoms with Crippen molar-refractivity contribution in [3.05, 3.63) is 66.4 Å². The summed E-state index contributed by atoms with van der Waals surface area (Å²) in [5, 5.41) is 0. The molecule has 1 aromatic carbocycles. The van der Waals surface area contributed by atoms with E-state index < -0.39 is 0 Å². The van der Waals surface area contributed by atoms with E-state index in [4.69, 9.17) is 4.98 Å². The van der Waals surface area contributed by atoms with Crippen LogP contribution in [0.2, 0.25) is 0 Å². The summed E-state index contributed by atoms with van der Waals surface area (Å²) in [7, 11) is 0. The molecule has 0 radical (unpaired) electrons. The lowest BCUT2D eigenvalue weighted by molar-refractivity contribution is 0.553. The molecule has 0 aliphatic heterocycles. The quantitative estimate of drug-likeness (QED) is 0.695. The zero-order chi connectivity index (χ0) is 15.2. The number of hydrogen-bond donors (Lipinski definition) is 0. The molecule has 5 rings (SSSR count). The molecule has 4 heteroatoms. The first-order valence-electron chi connectivity index (χ1n) is 8.27. The van der Waals surface area contributed by atoms with E-state index in [1.807, 2.05) is 18.6 Å². The molecular formula is C19H18N4. The van der Waals surface area contributed by atoms with Crippen molar-refractivity contribution in [1.29, 1.82) is 0 Å². The molecule has 2 bridgehead atoms. The Labute approximate surface area is 134 Å². The lowest BCUT2D eigenvalue weighted by atomic mass is 9.93. The Hall–Kier alpha value is -2.49. The maximum absolute atomic E-state index is 4.89. The van der Waals surface area contributed by atoms with Gasteiger partial charge in [-0.25, -0.2) is 15.0 Å². The van der Waals surface area contributed by atoms with Gasteiger partial charge in [0.05, 0.1) is 19.1 Å². The molecule has 114 valence electrons. The van der Waals surface area contributed by atoms with Gasteiger partial charge in [0.15, 0.2) is 5.65 Å². The lowest BCUT2D eigenvalue weighted by Crippen LogP contribution is -2.10. The number of nitrogens with zero attached hydrogens (tertiary/aromatic N) is 4. The Kier molecular flexibility index (Phi) is 2.83. The summed E-state index contributed by atoms with van der Waals surface area (Å²) in [5.74, 6) is 2.83. The molecule has 0 spiro atoms. The summed E-state index contributed by atoms with van der Waals surface area (Å²) in [6.45, 7) is 0.796. The SMILES string of the molecule is C1=C[C@@H]2C[C@H]1C[C@@H]2c1ncc2ncn(Cc3ccccc3)c2n1. The summed E-state index contributed by atoms with van der Waals surface area (Å²) in [4.78, 5) is 13.9. The molecule has 2 aliphatic rings. The predicted molar refractivity (Wildman–Crippen MR) is 89.0 cm³/mol. The molecule has 2 heterocycles. The number of aromatic nitrogens is 4. The molecule has 0 unspecified atom stereocenters. The topological polar surface area (TPSA) is 43.6 Å². The summed E-state index contributed by atoms with van der Waals surface area (Å²) in [5.41, 5.74) is 3.09. The summed E-state index contributed by atoms with van der Waals surface area (Å²) >= 11 is 0. The molecule has 4 nitrogen and oxygen atoms in total. The van der Waals surface area contributed by atoms with Gasteiger partial charge in [-0.2, -0.15) is 0 Å². The van der Waals surface area contributed by atoms with Crippen LogP contribution in [0.3, 0.4) is 0 Å². The second-order valence-corrected chi connectivity index (χ2v) is 6.68. The zero-order valence-electron chi connectivity index (χ0n) is 12.8. The van der Waals surface area contributed by atoms with E-state index in [1.54, 1.807) is 0 Å². The summed E-state index contributed by atoms with van der Waals surface area (Å²) < 4.78 is 2.12. The first-order chi connectivity index (χ1) is 11.4. The molecule has 1 fully saturated rings. The minimum absolute atomic E-state index is 0.481. The predicted octanol–water partition coefficient (Wildman–Crippen LogP) is 3.55. The molecule has 0 saturated heterocycles. The number of rotatable bonds is 3. The third-order valence-corrected chi connectivity index (χ3v) is 5.18. The smallest absolute Gasteiger partial charge is 0.163 e. The first-order valence-corrected chi connectivity index (χ1v) is 8.27. The van der Waals surface area contributed by atoms with Gasteiger partial charge >= 0.3 is 0 Å². The molecule has 0 amide bonds. The number of benzene rings is 1. The summed E-state index contributed by atoms with van der Waals surface area (Å²) in [6.07, 6.45) is 10.9. The van der Waals surface area contributed by atoms with Crippen molar-refractivity contribution in [2.45, 2.75) is 25.3 Å². The minimum atomic E-state index is 0.481. The zero-order valence-corrected chi connectivity index (χ0v) is 12.8. The number of allylic oxidation sites excluding steroid dienone is 2. The van der Waals surface area contributed by atoms with Gasteiger partial charge in [0.1, 0.15) is 11.3 Å². The Morgan fingerprint density at radius 1 is 1.04 bits per heavy atom. The highest BCUT2D eigenvalue weighted by atomic mass is 15.1. The lowest BCUT2D eigenvalue weighted by Gasteiger charge is -2.16. The maximum Gasteiger partial charge on any atom is 0.163 e. The highest BCUT2D eigenvalue weighted by molar-refractivity contribution is 5.69. The van der Waals surface area contributed by atoms with Crippen molar-refractivity contribution in [1.82, 2.24) is 19.5 Å². The van der Waals surface area contributed by atoms with E-state index in [2.05, 4.69) is 51.0 Å². The van der Waals surface area contributed by atoms with Crippen molar-refractivity contribution in [3.63, 3.8) is 0 Å². The van der Waals surface area contributed by atoms with Gasteiger partial charge in [-0.1, -0.05) is 42.5 Å². The van der Waals surface area contributed by atoms with Gasteiger partial charge in [0.25, 0.3) is 0 Å². The molecule has 0 N–H and O–H groups in total. The van der Waals surface area contributed by atoms with Gasteiger partial charge in [-0.05, 0) is 30.2 Å². The standard InChI is InChI=1S/C19H18N4/c1-2-4-13(5-3-1)11-23-12-21-17-10-20-18(22-19(17)23)16-9-14-6-7-15(16)8-14/h1-7,10,12,14-16H,8-9,11H2/t14-,15+,16-/m0/s1. The van der Waals surface area contributed by atoms with Crippen LogP contribution in [0.5, 0.6) is 0 Å². The van der Waals surface area contributed by atoms with Crippen molar-refractivity contribution >= 4 is 11.2 Å². The second kappa shape index (κ2) is 5.01. The largest absolute Gasteiger partial charge is 0.311 e. The van der Waals surface area contributed by atoms with Gasteiger partial charge in [-0.3, -0.25) is 0 Å². The average Bonchev–Trinajstić information content (AvgIpc) is 3.31. The van der Waals surface area contributed by atoms with E-state index in [1.165, 1.54) is 18.4 Å². The Morgan fingerprint density at radius 3 is 2.74 bits per heavy atom. The third kappa shape index (κ3) is 2.17. The monoisotopic (exact) mass is 302 g/mol. The maximum atomic E-state index is 4.89. The van der Waals surface area contributed by atoms with E-state index in [0.717, 1.165) is 29.5 Å². The average molecular weight is 302 g/mol. The molecule has 1 saturated carbocycles. The second-order valence-electron chi connectivity index (χ2n) is 6.68. The van der Waals surface area contributed by atoms with Crippen LogP contribution in [0.1, 0.15) is 30.1 Å². The minimum Gasteiger partial charge on any atom is -0.311 e. The molecule has 3 atom stereocenters. The van der Waals surface area contributed by atoms with E-state index in [9.17, 15) is 0 Å². The Morgan fingerprint density at radius 2 is 1.96 bits per heavy atom. The highest BCUT2D eigenvalue weighted by Crippen LogP contribution is 2.47. The fourth-order valence-corrected chi connectivity index (χ4v) is 4.02. The van der Waals surface area contributed by atoms with Crippen LogP contribution >= 0.6 is 0 Å². The third-order valence-electron chi connectivity index (χ3n) is 5.18. The molecule has 3 aromatic rings. The number of hydrogen-bond acceptors (Lipinski definition) is 3. The first kappa shape index (κ1) is 13.0. The van der Waals surface area contributed by atoms with E-state index in [-0.39, 0.29) is 0 Å². The number of fused-ring (bicyclic) bond motifs is 3. The van der Waals surface area contributed by atoms with Crippen LogP contribution in [0.15, 0.2) is 55.0 Å². The molecule has 2 aromatic heterocycles. The van der Waals surface area contributed by atoms with E-state index in [0.29, 0.717) is 11.8 Å². The fraction of sp³-hybridized carbons (Fsp3) is 0.316.